The smallest absolute Gasteiger partial charge is 0.306 e. The first-order valence-corrected chi connectivity index (χ1v) is 20.4. The molecule has 0 spiro atoms. The summed E-state index contributed by atoms with van der Waals surface area (Å²) < 4.78 is 10.3. The van der Waals surface area contributed by atoms with E-state index in [0.29, 0.717) is 24.9 Å². The molecule has 0 radical (unpaired) electrons. The number of hydrogen-bond acceptors (Lipinski definition) is 8. The van der Waals surface area contributed by atoms with Crippen LogP contribution in [0.1, 0.15) is 74.9 Å². The summed E-state index contributed by atoms with van der Waals surface area (Å²) in [6.45, 7) is 3.04. The van der Waals surface area contributed by atoms with Crippen molar-refractivity contribution in [2.24, 2.45) is 34.6 Å². The number of methoxy groups -OCH3 is 2. The van der Waals surface area contributed by atoms with Crippen LogP contribution in [0, 0.1) is 29.6 Å². The minimum absolute atomic E-state index is 0.00931. The number of benzene rings is 2. The Bertz CT molecular complexity index is 2130. The van der Waals surface area contributed by atoms with E-state index in [1.165, 1.54) is 30.4 Å². The lowest BCUT2D eigenvalue weighted by Crippen LogP contribution is -2.41. The summed E-state index contributed by atoms with van der Waals surface area (Å²) in [4.78, 5) is 58.4. The number of pyridine rings is 1. The summed E-state index contributed by atoms with van der Waals surface area (Å²) in [5, 5.41) is 3.26. The van der Waals surface area contributed by atoms with Crippen molar-refractivity contribution in [1.29, 1.82) is 0 Å². The van der Waals surface area contributed by atoms with Crippen molar-refractivity contribution in [2.45, 2.75) is 70.4 Å². The maximum Gasteiger partial charge on any atom is 0.306 e. The molecule has 8 rings (SSSR count). The van der Waals surface area contributed by atoms with Crippen molar-refractivity contribution >= 4 is 29.1 Å². The van der Waals surface area contributed by atoms with Crippen LogP contribution in [0.4, 0.5) is 0 Å². The van der Waals surface area contributed by atoms with Crippen molar-refractivity contribution in [2.75, 3.05) is 27.3 Å². The number of aromatic nitrogens is 3. The van der Waals surface area contributed by atoms with Crippen molar-refractivity contribution in [3.8, 4) is 22.4 Å². The van der Waals surface area contributed by atoms with Gasteiger partial charge >= 0.3 is 5.97 Å². The van der Waals surface area contributed by atoms with E-state index in [2.05, 4.69) is 63.8 Å². The average Bonchev–Trinajstić information content (AvgIpc) is 4.11. The maximum absolute atomic E-state index is 13.7. The Balaban J connectivity index is 0.878. The second kappa shape index (κ2) is 17.0. The fraction of sp³-hybridized carbons (Fsp3) is 0.435. The van der Waals surface area contributed by atoms with E-state index in [4.69, 9.17) is 19.5 Å². The first kappa shape index (κ1) is 38.5. The van der Waals surface area contributed by atoms with Gasteiger partial charge in [-0.2, -0.15) is 0 Å². The molecule has 11 nitrogen and oxygen atoms in total. The number of carbonyl (C=O) groups is 3. The van der Waals surface area contributed by atoms with Crippen LogP contribution in [0.2, 0.25) is 0 Å². The molecule has 2 aliphatic heterocycles. The van der Waals surface area contributed by atoms with Crippen LogP contribution in [-0.4, -0.2) is 76.8 Å². The number of rotatable bonds is 14. The predicted molar refractivity (Wildman–Crippen MR) is 219 cm³/mol. The molecular formula is C46H52N6O5. The number of amides is 2. The molecule has 4 aliphatic rings. The van der Waals surface area contributed by atoms with Crippen LogP contribution in [-0.2, 0) is 30.3 Å². The zero-order valence-corrected chi connectivity index (χ0v) is 33.0. The van der Waals surface area contributed by atoms with Crippen LogP contribution >= 0.6 is 0 Å². The van der Waals surface area contributed by atoms with Gasteiger partial charge in [-0.05, 0) is 103 Å². The van der Waals surface area contributed by atoms with Crippen LogP contribution in [0.5, 0.6) is 0 Å². The number of nitrogens with zero attached hydrogens (tertiary/aromatic N) is 4. The highest BCUT2D eigenvalue weighted by atomic mass is 16.5. The third-order valence-corrected chi connectivity index (χ3v) is 12.9. The molecule has 4 heterocycles. The normalized spacial score (nSPS) is 23.6. The Kier molecular flexibility index (Phi) is 11.5. The van der Waals surface area contributed by atoms with E-state index in [1.54, 1.807) is 19.5 Å². The fourth-order valence-corrected chi connectivity index (χ4v) is 9.75. The van der Waals surface area contributed by atoms with Crippen molar-refractivity contribution < 1.29 is 23.9 Å². The summed E-state index contributed by atoms with van der Waals surface area (Å²) in [6.07, 6.45) is 13.7. The zero-order chi connectivity index (χ0) is 39.5. The monoisotopic (exact) mass is 768 g/mol. The number of imidazole rings is 1. The number of esters is 1. The standard InChI is InChI=1S/C46H52N6O5/c1-28(56-2)37(25-41(53)57-3)46(55)52-22-4-5-40(52)44-50-27-39(51-44)33-12-10-31(11-13-33)30-6-8-32(9-7-30)36-24-38(49-26-36)42-34-14-15-35(23-34)43(42)45(54)48-21-18-29-16-19-47-20-17-29/h6-13,16-17,19-20,26-28,34-35,37,40,42-43H,4-5,14-15,18,21-25H2,1-3H3,(H,48,54)(H,50,51)/t28-,34?,35?,37+,40+,42?,43+/m1/s1. The largest absolute Gasteiger partial charge is 0.469 e. The van der Waals surface area contributed by atoms with E-state index >= 15 is 0 Å². The van der Waals surface area contributed by atoms with Crippen LogP contribution in [0.25, 0.3) is 28.0 Å². The molecule has 2 bridgehead atoms. The summed E-state index contributed by atoms with van der Waals surface area (Å²) in [5.74, 6) is 0.963. The number of ether oxygens (including phenoxy) is 2. The highest BCUT2D eigenvalue weighted by molar-refractivity contribution is 6.02. The molecule has 2 saturated carbocycles. The number of hydrogen-bond donors (Lipinski definition) is 2. The Morgan fingerprint density at radius 1 is 0.912 bits per heavy atom. The number of aromatic amines is 1. The minimum Gasteiger partial charge on any atom is -0.469 e. The van der Waals surface area contributed by atoms with E-state index in [9.17, 15) is 14.4 Å². The molecule has 7 atom stereocenters. The van der Waals surface area contributed by atoms with Gasteiger partial charge in [-0.25, -0.2) is 4.98 Å². The van der Waals surface area contributed by atoms with Gasteiger partial charge in [-0.15, -0.1) is 0 Å². The third kappa shape index (κ3) is 8.08. The first-order valence-electron chi connectivity index (χ1n) is 20.4. The second-order valence-electron chi connectivity index (χ2n) is 16.1. The lowest BCUT2D eigenvalue weighted by molar-refractivity contribution is -0.151. The number of nitrogens with one attached hydrogen (secondary N) is 2. The highest BCUT2D eigenvalue weighted by Gasteiger charge is 2.52. The molecule has 4 aromatic rings. The van der Waals surface area contributed by atoms with Crippen LogP contribution < -0.4 is 5.32 Å². The van der Waals surface area contributed by atoms with E-state index in [1.807, 2.05) is 36.4 Å². The van der Waals surface area contributed by atoms with Crippen LogP contribution in [0.3, 0.4) is 0 Å². The molecule has 11 heteroatoms. The molecule has 296 valence electrons. The summed E-state index contributed by atoms with van der Waals surface area (Å²) >= 11 is 0. The highest BCUT2D eigenvalue weighted by Crippen LogP contribution is 2.54. The van der Waals surface area contributed by atoms with Gasteiger partial charge in [0.15, 0.2) is 0 Å². The molecule has 2 amide bonds. The summed E-state index contributed by atoms with van der Waals surface area (Å²) in [6, 6.07) is 20.9. The lowest BCUT2D eigenvalue weighted by atomic mass is 9.75. The number of likely N-dealkylation sites (tertiary alicyclic amines) is 1. The van der Waals surface area contributed by atoms with Gasteiger partial charge in [0.05, 0.1) is 43.5 Å². The van der Waals surface area contributed by atoms with Crippen molar-refractivity contribution in [3.05, 3.63) is 102 Å². The molecule has 3 fully saturated rings. The Morgan fingerprint density at radius 3 is 2.33 bits per heavy atom. The van der Waals surface area contributed by atoms with Gasteiger partial charge < -0.3 is 24.7 Å². The van der Waals surface area contributed by atoms with Crippen LogP contribution in [0.15, 0.2) is 90.4 Å². The van der Waals surface area contributed by atoms with Gasteiger partial charge in [0, 0.05) is 62.8 Å². The number of fused-ring (bicyclic) bond motifs is 2. The minimum atomic E-state index is -0.631. The predicted octanol–water partition coefficient (Wildman–Crippen LogP) is 7.22. The number of aliphatic imine (C=N–C) groups is 1. The quantitative estimate of drug-likeness (QED) is 0.129. The van der Waals surface area contributed by atoms with Gasteiger partial charge in [0.2, 0.25) is 11.8 Å². The number of carbonyl (C=O) groups excluding carboxylic acids is 3. The van der Waals surface area contributed by atoms with E-state index < -0.39 is 18.0 Å². The Morgan fingerprint density at radius 2 is 1.61 bits per heavy atom. The topological polar surface area (TPSA) is 139 Å². The molecule has 57 heavy (non-hydrogen) atoms. The lowest BCUT2D eigenvalue weighted by Gasteiger charge is -2.30. The SMILES string of the molecule is COC(=O)C[C@H](C(=O)N1CCC[C@H]1c1ncc(-c2ccc(-c3ccc(C4=CN=C(C5C6CCC(C6)[C@@H]5C(=O)NCCc5ccncc5)C4)cc3)cc2)[nH]1)[C@@H](C)OC. The molecule has 2 aromatic heterocycles. The molecule has 1 saturated heterocycles. The summed E-state index contributed by atoms with van der Waals surface area (Å²) in [5.41, 5.74) is 8.84. The van der Waals surface area contributed by atoms with Gasteiger partial charge in [0.25, 0.3) is 0 Å². The van der Waals surface area contributed by atoms with Crippen molar-refractivity contribution in [3.63, 3.8) is 0 Å². The van der Waals surface area contributed by atoms with Gasteiger partial charge in [-0.1, -0.05) is 48.5 Å². The maximum atomic E-state index is 13.7. The third-order valence-electron chi connectivity index (χ3n) is 12.9. The molecule has 2 aromatic carbocycles. The molecular weight excluding hydrogens is 717 g/mol. The fourth-order valence-electron chi connectivity index (χ4n) is 9.75. The van der Waals surface area contributed by atoms with E-state index in [-0.39, 0.29) is 36.1 Å². The second-order valence-corrected chi connectivity index (χ2v) is 16.1. The first-order chi connectivity index (χ1) is 27.8. The van der Waals surface area contributed by atoms with Crippen molar-refractivity contribution in [1.82, 2.24) is 25.2 Å². The molecule has 2 aliphatic carbocycles. The van der Waals surface area contributed by atoms with E-state index in [0.717, 1.165) is 72.3 Å². The zero-order valence-electron chi connectivity index (χ0n) is 33.0. The summed E-state index contributed by atoms with van der Waals surface area (Å²) in [7, 11) is 2.88. The Labute approximate surface area is 334 Å². The number of allylic oxidation sites excluding steroid dienone is 1. The number of H-pyrrole nitrogens is 1. The van der Waals surface area contributed by atoms with Gasteiger partial charge in [-0.3, -0.25) is 24.4 Å². The van der Waals surface area contributed by atoms with Gasteiger partial charge in [0.1, 0.15) is 5.82 Å². The molecule has 2 N–H and O–H groups in total. The average molecular weight is 769 g/mol. The molecule has 3 unspecified atom stereocenters. The Hall–Kier alpha value is -5.42.